The Morgan fingerprint density at radius 2 is 1.16 bits per heavy atom. The van der Waals surface area contributed by atoms with Crippen LogP contribution in [0.2, 0.25) is 0 Å². The molecule has 0 spiro atoms. The van der Waals surface area contributed by atoms with E-state index < -0.39 is 71.6 Å². The molecule has 0 radical (unpaired) electrons. The predicted octanol–water partition coefficient (Wildman–Crippen LogP) is 5.26. The van der Waals surface area contributed by atoms with Gasteiger partial charge in [-0.2, -0.15) is 39.5 Å². The zero-order valence-corrected chi connectivity index (χ0v) is 21.6. The molecule has 220 valence electrons. The van der Waals surface area contributed by atoms with Crippen LogP contribution in [0.3, 0.4) is 0 Å². The van der Waals surface area contributed by atoms with Crippen molar-refractivity contribution in [2.45, 2.75) is 102 Å². The van der Waals surface area contributed by atoms with Crippen LogP contribution in [-0.4, -0.2) is 76.4 Å². The van der Waals surface area contributed by atoms with E-state index in [1.165, 1.54) is 20.8 Å². The van der Waals surface area contributed by atoms with E-state index in [0.29, 0.717) is 6.92 Å². The van der Waals surface area contributed by atoms with Gasteiger partial charge in [0.1, 0.15) is 11.7 Å². The lowest BCUT2D eigenvalue weighted by molar-refractivity contribution is -0.385. The number of ether oxygens (including phenoxy) is 3. The molecule has 2 N–H and O–H groups in total. The Morgan fingerprint density at radius 1 is 0.757 bits per heavy atom. The number of alkyl halides is 9. The third-order valence-electron chi connectivity index (χ3n) is 6.33. The summed E-state index contributed by atoms with van der Waals surface area (Å²) in [6, 6.07) is 0. The molecule has 2 atom stereocenters. The molecule has 6 nitrogen and oxygen atoms in total. The number of aliphatic hydroxyl groups is 2. The molecule has 0 aromatic rings. The number of esters is 1. The van der Waals surface area contributed by atoms with Crippen molar-refractivity contribution in [3.63, 3.8) is 0 Å². The molecule has 0 saturated heterocycles. The average Bonchev–Trinajstić information content (AvgIpc) is 2.65. The summed E-state index contributed by atoms with van der Waals surface area (Å²) in [4.78, 5) is 12.3. The fourth-order valence-corrected chi connectivity index (χ4v) is 2.96. The van der Waals surface area contributed by atoms with Gasteiger partial charge in [0.25, 0.3) is 5.60 Å². The maximum Gasteiger partial charge on any atom is 0.428 e. The molecule has 0 fully saturated rings. The van der Waals surface area contributed by atoms with Crippen molar-refractivity contribution in [3.8, 4) is 0 Å². The topological polar surface area (TPSA) is 85.2 Å². The van der Waals surface area contributed by atoms with Crippen LogP contribution in [0, 0.1) is 5.41 Å². The standard InChI is InChI=1S/C22H33F9O6/c1-12(2)13(32)37-14(16(5,6)35-10-18(9,33)20(23,24)25)15(3,4)17(7,8)36-11-19(34,21(26,27)28)22(29,30)31/h14,33-34H,1,10-11H2,2-9H3. The van der Waals surface area contributed by atoms with Crippen LogP contribution in [-0.2, 0) is 19.0 Å². The highest BCUT2D eigenvalue weighted by Gasteiger charge is 2.71. The fraction of sp³-hybridized carbons (Fsp3) is 0.864. The first kappa shape index (κ1) is 35.4. The molecule has 37 heavy (non-hydrogen) atoms. The fourth-order valence-electron chi connectivity index (χ4n) is 2.96. The van der Waals surface area contributed by atoms with Crippen LogP contribution < -0.4 is 0 Å². The summed E-state index contributed by atoms with van der Waals surface area (Å²) in [5.74, 6) is -1.10. The van der Waals surface area contributed by atoms with Crippen LogP contribution >= 0.6 is 0 Å². The Balaban J connectivity index is 6.43. The lowest BCUT2D eigenvalue weighted by atomic mass is 9.67. The minimum absolute atomic E-state index is 0.193. The van der Waals surface area contributed by atoms with Crippen LogP contribution in [0.15, 0.2) is 12.2 Å². The molecule has 0 aliphatic carbocycles. The van der Waals surface area contributed by atoms with E-state index in [0.717, 1.165) is 27.7 Å². The molecule has 15 heteroatoms. The number of hydrogen-bond acceptors (Lipinski definition) is 6. The minimum atomic E-state index is -6.18. The smallest absolute Gasteiger partial charge is 0.428 e. The first-order chi connectivity index (χ1) is 15.9. The molecule has 0 aliphatic heterocycles. The molecule has 0 aliphatic rings. The average molecular weight is 564 g/mol. The van der Waals surface area contributed by atoms with Gasteiger partial charge in [0.05, 0.1) is 18.8 Å². The first-order valence-electron chi connectivity index (χ1n) is 10.7. The second kappa shape index (κ2) is 10.5. The predicted molar refractivity (Wildman–Crippen MR) is 112 cm³/mol. The Bertz CT molecular complexity index is 810. The van der Waals surface area contributed by atoms with Gasteiger partial charge in [0.15, 0.2) is 5.60 Å². The molecule has 0 bridgehead atoms. The number of carbonyl (C=O) groups excluding carboxylic acids is 1. The molecular formula is C22H33F9O6. The third kappa shape index (κ3) is 7.73. The minimum Gasteiger partial charge on any atom is -0.455 e. The Kier molecular flexibility index (Phi) is 10.1. The van der Waals surface area contributed by atoms with Crippen molar-refractivity contribution in [2.24, 2.45) is 5.41 Å². The summed E-state index contributed by atoms with van der Waals surface area (Å²) in [6.07, 6.45) is -19.2. The second-order valence-corrected chi connectivity index (χ2v) is 10.6. The Hall–Kier alpha value is -1.58. The van der Waals surface area contributed by atoms with Gasteiger partial charge in [-0.3, -0.25) is 0 Å². The van der Waals surface area contributed by atoms with Gasteiger partial charge in [0, 0.05) is 11.0 Å². The molecule has 0 saturated carbocycles. The van der Waals surface area contributed by atoms with Gasteiger partial charge in [-0.05, 0) is 41.5 Å². The van der Waals surface area contributed by atoms with E-state index >= 15 is 0 Å². The van der Waals surface area contributed by atoms with E-state index in [1.54, 1.807) is 0 Å². The highest BCUT2D eigenvalue weighted by atomic mass is 19.4. The van der Waals surface area contributed by atoms with Crippen molar-refractivity contribution in [1.82, 2.24) is 0 Å². The second-order valence-electron chi connectivity index (χ2n) is 10.6. The molecule has 0 aromatic heterocycles. The number of halogens is 9. The number of carbonyl (C=O) groups is 1. The summed E-state index contributed by atoms with van der Waals surface area (Å²) in [6.45, 7) is 8.01. The van der Waals surface area contributed by atoms with E-state index in [1.807, 2.05) is 0 Å². The van der Waals surface area contributed by atoms with Gasteiger partial charge in [-0.15, -0.1) is 0 Å². The molecule has 0 aromatic carbocycles. The van der Waals surface area contributed by atoms with Gasteiger partial charge in [0.2, 0.25) is 0 Å². The lowest BCUT2D eigenvalue weighted by Crippen LogP contribution is -2.64. The largest absolute Gasteiger partial charge is 0.455 e. The Morgan fingerprint density at radius 3 is 1.49 bits per heavy atom. The maximum absolute atomic E-state index is 13.1. The van der Waals surface area contributed by atoms with Gasteiger partial charge >= 0.3 is 24.5 Å². The SMILES string of the molecule is C=C(C)C(=O)OC(C(C)(C)OCC(C)(O)C(F)(F)F)C(C)(C)C(C)(C)OCC(O)(C(F)(F)F)C(F)(F)F. The lowest BCUT2D eigenvalue weighted by Gasteiger charge is -2.51. The molecule has 0 amide bonds. The van der Waals surface area contributed by atoms with Crippen molar-refractivity contribution in [3.05, 3.63) is 12.2 Å². The first-order valence-corrected chi connectivity index (χ1v) is 10.7. The van der Waals surface area contributed by atoms with Crippen LogP contribution in [0.25, 0.3) is 0 Å². The van der Waals surface area contributed by atoms with Crippen LogP contribution in [0.4, 0.5) is 39.5 Å². The summed E-state index contributed by atoms with van der Waals surface area (Å²) in [5, 5.41) is 19.2. The zero-order chi connectivity index (χ0) is 30.3. The molecule has 0 rings (SSSR count). The van der Waals surface area contributed by atoms with Gasteiger partial charge < -0.3 is 24.4 Å². The summed E-state index contributed by atoms with van der Waals surface area (Å²) in [7, 11) is 0. The third-order valence-corrected chi connectivity index (χ3v) is 6.33. The van der Waals surface area contributed by atoms with Gasteiger partial charge in [-0.25, -0.2) is 4.79 Å². The van der Waals surface area contributed by atoms with Crippen molar-refractivity contribution >= 4 is 5.97 Å². The van der Waals surface area contributed by atoms with Gasteiger partial charge in [-0.1, -0.05) is 20.4 Å². The summed E-state index contributed by atoms with van der Waals surface area (Å²) in [5.41, 5.74) is -14.6. The number of rotatable bonds is 11. The maximum atomic E-state index is 13.1. The molecule has 2 unspecified atom stereocenters. The van der Waals surface area contributed by atoms with Crippen molar-refractivity contribution in [2.75, 3.05) is 13.2 Å². The normalized spacial score (nSPS) is 17.3. The van der Waals surface area contributed by atoms with Crippen LogP contribution in [0.5, 0.6) is 0 Å². The summed E-state index contributed by atoms with van der Waals surface area (Å²) < 4.78 is 134. The monoisotopic (exact) mass is 564 g/mol. The van der Waals surface area contributed by atoms with E-state index in [9.17, 15) is 54.5 Å². The zero-order valence-electron chi connectivity index (χ0n) is 21.6. The van der Waals surface area contributed by atoms with E-state index in [4.69, 9.17) is 14.2 Å². The highest BCUT2D eigenvalue weighted by Crippen LogP contribution is 2.48. The summed E-state index contributed by atoms with van der Waals surface area (Å²) >= 11 is 0. The van der Waals surface area contributed by atoms with Crippen molar-refractivity contribution < 1.29 is 68.7 Å². The van der Waals surface area contributed by atoms with Crippen LogP contribution in [0.1, 0.15) is 55.4 Å². The Labute approximate surface area is 208 Å². The highest BCUT2D eigenvalue weighted by molar-refractivity contribution is 5.87. The number of hydrogen-bond donors (Lipinski definition) is 2. The van der Waals surface area contributed by atoms with Crippen molar-refractivity contribution in [1.29, 1.82) is 0 Å². The van der Waals surface area contributed by atoms with E-state index in [-0.39, 0.29) is 5.57 Å². The molecule has 0 heterocycles. The quantitative estimate of drug-likeness (QED) is 0.202. The molecular weight excluding hydrogens is 531 g/mol. The van der Waals surface area contributed by atoms with E-state index in [2.05, 4.69) is 6.58 Å².